The lowest BCUT2D eigenvalue weighted by Gasteiger charge is -2.13. The third kappa shape index (κ3) is 5.68. The molecule has 0 fully saturated rings. The van der Waals surface area contributed by atoms with Crippen molar-refractivity contribution in [1.29, 1.82) is 0 Å². The number of hydrazone groups is 1. The molecule has 0 aliphatic carbocycles. The van der Waals surface area contributed by atoms with Gasteiger partial charge in [-0.05, 0) is 88.4 Å². The molecule has 3 aromatic rings. The Morgan fingerprint density at radius 1 is 1.10 bits per heavy atom. The molecular weight excluding hydrogens is 452 g/mol. The molecule has 1 N–H and O–H groups in total. The molecule has 29 heavy (non-hydrogen) atoms. The van der Waals surface area contributed by atoms with Crippen molar-refractivity contribution in [2.75, 3.05) is 0 Å². The molecule has 0 unspecified atom stereocenters. The zero-order valence-electron chi connectivity index (χ0n) is 16.1. The van der Waals surface area contributed by atoms with Crippen molar-refractivity contribution in [3.8, 4) is 5.75 Å². The minimum Gasteiger partial charge on any atom is -0.488 e. The molecule has 0 saturated heterocycles. The SMILES string of the molecule is Cc1cc(/C=N\NC(=O)c2ccccc2Br)cc(C)c1OCc1ccc(Cl)cc1. The van der Waals surface area contributed by atoms with E-state index in [9.17, 15) is 4.79 Å². The van der Waals surface area contributed by atoms with Gasteiger partial charge in [-0.1, -0.05) is 35.9 Å². The van der Waals surface area contributed by atoms with Crippen molar-refractivity contribution in [2.45, 2.75) is 20.5 Å². The van der Waals surface area contributed by atoms with Crippen LogP contribution in [0.15, 0.2) is 70.2 Å². The van der Waals surface area contributed by atoms with Crippen molar-refractivity contribution in [3.63, 3.8) is 0 Å². The lowest BCUT2D eigenvalue weighted by Crippen LogP contribution is -2.18. The minimum atomic E-state index is -0.273. The molecule has 0 bridgehead atoms. The summed E-state index contributed by atoms with van der Waals surface area (Å²) in [6.07, 6.45) is 1.62. The summed E-state index contributed by atoms with van der Waals surface area (Å²) in [6, 6.07) is 18.7. The summed E-state index contributed by atoms with van der Waals surface area (Å²) in [4.78, 5) is 12.2. The van der Waals surface area contributed by atoms with Crippen LogP contribution in [0.25, 0.3) is 0 Å². The van der Waals surface area contributed by atoms with Gasteiger partial charge in [-0.15, -0.1) is 0 Å². The maximum atomic E-state index is 12.2. The number of nitrogens with zero attached hydrogens (tertiary/aromatic N) is 1. The molecule has 0 atom stereocenters. The van der Waals surface area contributed by atoms with Crippen LogP contribution in [-0.4, -0.2) is 12.1 Å². The van der Waals surface area contributed by atoms with Crippen molar-refractivity contribution in [2.24, 2.45) is 5.10 Å². The van der Waals surface area contributed by atoms with Gasteiger partial charge < -0.3 is 4.74 Å². The van der Waals surface area contributed by atoms with Crippen molar-refractivity contribution >= 4 is 39.7 Å². The minimum absolute atomic E-state index is 0.273. The Hall–Kier alpha value is -2.63. The van der Waals surface area contributed by atoms with E-state index in [1.54, 1.807) is 18.3 Å². The first-order valence-corrected chi connectivity index (χ1v) is 10.2. The van der Waals surface area contributed by atoms with Crippen LogP contribution in [0.1, 0.15) is 32.6 Å². The first-order valence-electron chi connectivity index (χ1n) is 9.00. The number of hydrogen-bond donors (Lipinski definition) is 1. The highest BCUT2D eigenvalue weighted by molar-refractivity contribution is 9.10. The van der Waals surface area contributed by atoms with E-state index in [1.165, 1.54) is 0 Å². The fourth-order valence-corrected chi connectivity index (χ4v) is 3.48. The highest BCUT2D eigenvalue weighted by Crippen LogP contribution is 2.25. The van der Waals surface area contributed by atoms with Crippen LogP contribution < -0.4 is 10.2 Å². The number of carbonyl (C=O) groups excluding carboxylic acids is 1. The first-order chi connectivity index (χ1) is 13.9. The largest absolute Gasteiger partial charge is 0.488 e. The highest BCUT2D eigenvalue weighted by atomic mass is 79.9. The number of halogens is 2. The van der Waals surface area contributed by atoms with E-state index in [2.05, 4.69) is 26.5 Å². The van der Waals surface area contributed by atoms with E-state index in [-0.39, 0.29) is 5.91 Å². The standard InChI is InChI=1S/C23H20BrClN2O2/c1-15-11-18(13-26-27-23(28)20-5-3-4-6-21(20)24)12-16(2)22(15)29-14-17-7-9-19(25)10-8-17/h3-13H,14H2,1-2H3,(H,27,28)/b26-13-. The number of ether oxygens (including phenoxy) is 1. The molecule has 0 radical (unpaired) electrons. The van der Waals surface area contributed by atoms with Gasteiger partial charge in [0.1, 0.15) is 12.4 Å². The normalized spacial score (nSPS) is 10.9. The van der Waals surface area contributed by atoms with Crippen LogP contribution in [0.4, 0.5) is 0 Å². The Morgan fingerprint density at radius 3 is 2.41 bits per heavy atom. The van der Waals surface area contributed by atoms with Gasteiger partial charge in [0.25, 0.3) is 5.91 Å². The fraction of sp³-hybridized carbons (Fsp3) is 0.130. The lowest BCUT2D eigenvalue weighted by molar-refractivity contribution is 0.0954. The van der Waals surface area contributed by atoms with E-state index < -0.39 is 0 Å². The molecule has 1 amide bonds. The Labute approximate surface area is 183 Å². The van der Waals surface area contributed by atoms with Crippen molar-refractivity contribution in [3.05, 3.63) is 98.0 Å². The van der Waals surface area contributed by atoms with Gasteiger partial charge in [0.05, 0.1) is 11.8 Å². The smallest absolute Gasteiger partial charge is 0.272 e. The zero-order valence-corrected chi connectivity index (χ0v) is 18.4. The topological polar surface area (TPSA) is 50.7 Å². The summed E-state index contributed by atoms with van der Waals surface area (Å²) in [7, 11) is 0. The summed E-state index contributed by atoms with van der Waals surface area (Å²) < 4.78 is 6.72. The van der Waals surface area contributed by atoms with E-state index >= 15 is 0 Å². The van der Waals surface area contributed by atoms with Crippen LogP contribution >= 0.6 is 27.5 Å². The Morgan fingerprint density at radius 2 is 1.76 bits per heavy atom. The number of hydrogen-bond acceptors (Lipinski definition) is 3. The third-order valence-electron chi connectivity index (χ3n) is 4.28. The number of amides is 1. The summed E-state index contributed by atoms with van der Waals surface area (Å²) in [5, 5.41) is 4.78. The predicted octanol–water partition coefficient (Wildman–Crippen LogP) is 6.06. The molecular formula is C23H20BrClN2O2. The van der Waals surface area contributed by atoms with Gasteiger partial charge >= 0.3 is 0 Å². The van der Waals surface area contributed by atoms with E-state index in [4.69, 9.17) is 16.3 Å². The molecule has 0 spiro atoms. The third-order valence-corrected chi connectivity index (χ3v) is 5.22. The van der Waals surface area contributed by atoms with E-state index in [0.29, 0.717) is 17.2 Å². The number of carbonyl (C=O) groups is 1. The summed E-state index contributed by atoms with van der Waals surface area (Å²) in [5.41, 5.74) is 7.01. The molecule has 3 aromatic carbocycles. The average molecular weight is 472 g/mol. The van der Waals surface area contributed by atoms with Crippen LogP contribution in [0.3, 0.4) is 0 Å². The van der Waals surface area contributed by atoms with Crippen molar-refractivity contribution in [1.82, 2.24) is 5.43 Å². The van der Waals surface area contributed by atoms with Gasteiger partial charge in [-0.25, -0.2) is 5.43 Å². The van der Waals surface area contributed by atoms with Gasteiger partial charge in [-0.3, -0.25) is 4.79 Å². The quantitative estimate of drug-likeness (QED) is 0.351. The Bertz CT molecular complexity index is 1030. The predicted molar refractivity (Wildman–Crippen MR) is 121 cm³/mol. The number of nitrogens with one attached hydrogen (secondary N) is 1. The summed E-state index contributed by atoms with van der Waals surface area (Å²) >= 11 is 9.28. The highest BCUT2D eigenvalue weighted by Gasteiger charge is 2.09. The van der Waals surface area contributed by atoms with E-state index in [0.717, 1.165) is 32.5 Å². The van der Waals surface area contributed by atoms with Crippen molar-refractivity contribution < 1.29 is 9.53 Å². The number of rotatable bonds is 6. The second-order valence-corrected chi connectivity index (χ2v) is 7.87. The Balaban J connectivity index is 1.65. The van der Waals surface area contributed by atoms with Gasteiger partial charge in [0.2, 0.25) is 0 Å². The zero-order chi connectivity index (χ0) is 20.8. The second kappa shape index (κ2) is 9.72. The van der Waals surface area contributed by atoms with Crippen LogP contribution in [0, 0.1) is 13.8 Å². The summed E-state index contributed by atoms with van der Waals surface area (Å²) in [6.45, 7) is 4.44. The Kier molecular flexibility index (Phi) is 7.07. The second-order valence-electron chi connectivity index (χ2n) is 6.58. The summed E-state index contributed by atoms with van der Waals surface area (Å²) in [5.74, 6) is 0.569. The molecule has 0 saturated carbocycles. The molecule has 0 aromatic heterocycles. The first kappa shape index (κ1) is 21.1. The monoisotopic (exact) mass is 470 g/mol. The number of benzene rings is 3. The van der Waals surface area contributed by atoms with Gasteiger partial charge in [0.15, 0.2) is 0 Å². The van der Waals surface area contributed by atoms with Crippen LogP contribution in [-0.2, 0) is 6.61 Å². The number of aryl methyl sites for hydroxylation is 2. The molecule has 4 nitrogen and oxygen atoms in total. The van der Waals surface area contributed by atoms with Gasteiger partial charge in [-0.2, -0.15) is 5.10 Å². The lowest BCUT2D eigenvalue weighted by atomic mass is 10.1. The maximum absolute atomic E-state index is 12.2. The molecule has 3 rings (SSSR count). The molecule has 0 aliphatic rings. The fourth-order valence-electron chi connectivity index (χ4n) is 2.89. The maximum Gasteiger partial charge on any atom is 0.272 e. The van der Waals surface area contributed by atoms with Crippen LogP contribution in [0.2, 0.25) is 5.02 Å². The molecule has 0 heterocycles. The molecule has 0 aliphatic heterocycles. The molecule has 6 heteroatoms. The van der Waals surface area contributed by atoms with Gasteiger partial charge in [0, 0.05) is 9.50 Å². The van der Waals surface area contributed by atoms with E-state index in [1.807, 2.05) is 62.4 Å². The van der Waals surface area contributed by atoms with Crippen LogP contribution in [0.5, 0.6) is 5.75 Å². The average Bonchev–Trinajstić information content (AvgIpc) is 2.69. The molecule has 148 valence electrons.